The first-order valence-electron chi connectivity index (χ1n) is 7.04. The highest BCUT2D eigenvalue weighted by molar-refractivity contribution is 5.99. The van der Waals surface area contributed by atoms with Crippen molar-refractivity contribution in [3.63, 3.8) is 0 Å². The summed E-state index contributed by atoms with van der Waals surface area (Å²) in [6, 6.07) is 4.86. The van der Waals surface area contributed by atoms with E-state index in [1.165, 1.54) is 31.4 Å². The van der Waals surface area contributed by atoms with Crippen LogP contribution in [0.4, 0.5) is 5.69 Å². The number of carbonyl (C=O) groups excluding carboxylic acids is 1. The van der Waals surface area contributed by atoms with Crippen LogP contribution in [0.15, 0.2) is 18.2 Å². The minimum Gasteiger partial charge on any atom is -0.508 e. The van der Waals surface area contributed by atoms with Crippen molar-refractivity contribution < 1.29 is 9.90 Å². The van der Waals surface area contributed by atoms with Crippen LogP contribution in [0, 0.1) is 23.7 Å². The zero-order chi connectivity index (χ0) is 13.1. The van der Waals surface area contributed by atoms with Gasteiger partial charge in [0.05, 0.1) is 5.56 Å². The Kier molecular flexibility index (Phi) is 2.14. The van der Waals surface area contributed by atoms with Gasteiger partial charge in [-0.1, -0.05) is 0 Å². The molecule has 1 aromatic rings. The Hall–Kier alpha value is -1.71. The Morgan fingerprint density at radius 1 is 1.26 bits per heavy atom. The van der Waals surface area contributed by atoms with Crippen LogP contribution in [0.25, 0.3) is 0 Å². The number of amides is 1. The average Bonchev–Trinajstić information content (AvgIpc) is 2.80. The lowest BCUT2D eigenvalue weighted by Crippen LogP contribution is -2.30. The second-order valence-electron chi connectivity index (χ2n) is 6.26. The molecule has 3 aliphatic carbocycles. The Morgan fingerprint density at radius 2 is 1.95 bits per heavy atom. The average molecular weight is 258 g/mol. The highest BCUT2D eigenvalue weighted by Gasteiger charge is 2.65. The second-order valence-corrected chi connectivity index (χ2v) is 6.26. The molecule has 0 aliphatic heterocycles. The Bertz CT molecular complexity index is 541. The second kappa shape index (κ2) is 3.65. The van der Waals surface area contributed by atoms with Crippen molar-refractivity contribution >= 4 is 11.6 Å². The molecular formula is C15H18N2O2. The van der Waals surface area contributed by atoms with Gasteiger partial charge >= 0.3 is 0 Å². The maximum atomic E-state index is 12.2. The lowest BCUT2D eigenvalue weighted by Gasteiger charge is -2.12. The summed E-state index contributed by atoms with van der Waals surface area (Å²) in [5.41, 5.74) is 6.60. The molecule has 3 saturated carbocycles. The van der Waals surface area contributed by atoms with Crippen molar-refractivity contribution in [3.05, 3.63) is 23.8 Å². The van der Waals surface area contributed by atoms with Crippen molar-refractivity contribution in [3.8, 4) is 5.75 Å². The minimum absolute atomic E-state index is 0.0791. The molecule has 2 bridgehead atoms. The van der Waals surface area contributed by atoms with Gasteiger partial charge in [0, 0.05) is 11.7 Å². The molecule has 0 saturated heterocycles. The predicted octanol–water partition coefficient (Wildman–Crippen LogP) is 1.75. The molecule has 4 nitrogen and oxygen atoms in total. The van der Waals surface area contributed by atoms with E-state index in [2.05, 4.69) is 5.32 Å². The van der Waals surface area contributed by atoms with E-state index >= 15 is 0 Å². The fourth-order valence-corrected chi connectivity index (χ4v) is 4.49. The van der Waals surface area contributed by atoms with Crippen LogP contribution in [0.3, 0.4) is 0 Å². The molecule has 0 spiro atoms. The van der Waals surface area contributed by atoms with Crippen molar-refractivity contribution in [2.45, 2.75) is 25.3 Å². The van der Waals surface area contributed by atoms with Gasteiger partial charge in [0.1, 0.15) is 5.75 Å². The molecule has 1 aromatic carbocycles. The van der Waals surface area contributed by atoms with Gasteiger partial charge in [-0.25, -0.2) is 0 Å². The van der Waals surface area contributed by atoms with Crippen molar-refractivity contribution in [2.24, 2.45) is 23.7 Å². The standard InChI is InChI=1S/C15H18N2O2/c16-11-4-3-9(18)6-10(11)15(19)17-14-12-7-1-2-8(5-7)13(12)14/h3-4,6-8,12-14,18H,1-2,5,16H2,(H,17,19). The number of fused-ring (bicyclic) bond motifs is 5. The molecule has 4 unspecified atom stereocenters. The molecule has 4 rings (SSSR count). The number of phenols is 1. The zero-order valence-corrected chi connectivity index (χ0v) is 10.7. The Balaban J connectivity index is 1.50. The Labute approximate surface area is 112 Å². The van der Waals surface area contributed by atoms with E-state index in [1.54, 1.807) is 6.07 Å². The van der Waals surface area contributed by atoms with Gasteiger partial charge in [-0.2, -0.15) is 0 Å². The largest absolute Gasteiger partial charge is 0.508 e. The zero-order valence-electron chi connectivity index (χ0n) is 10.7. The van der Waals surface area contributed by atoms with Gasteiger partial charge in [-0.05, 0) is 61.1 Å². The monoisotopic (exact) mass is 258 g/mol. The third-order valence-corrected chi connectivity index (χ3v) is 5.31. The first-order valence-corrected chi connectivity index (χ1v) is 7.04. The van der Waals surface area contributed by atoms with E-state index in [9.17, 15) is 9.90 Å². The molecule has 4 heteroatoms. The number of rotatable bonds is 2. The number of hydrogen-bond acceptors (Lipinski definition) is 3. The molecule has 4 atom stereocenters. The molecule has 3 fully saturated rings. The smallest absolute Gasteiger partial charge is 0.253 e. The number of aromatic hydroxyl groups is 1. The van der Waals surface area contributed by atoms with Gasteiger partial charge < -0.3 is 16.2 Å². The molecule has 0 aromatic heterocycles. The van der Waals surface area contributed by atoms with Crippen LogP contribution in [-0.4, -0.2) is 17.1 Å². The quantitative estimate of drug-likeness (QED) is 0.559. The number of carbonyl (C=O) groups is 1. The molecular weight excluding hydrogens is 240 g/mol. The number of nitrogens with one attached hydrogen (secondary N) is 1. The molecule has 4 N–H and O–H groups in total. The van der Waals surface area contributed by atoms with Crippen LogP contribution in [0.2, 0.25) is 0 Å². The van der Waals surface area contributed by atoms with E-state index in [0.29, 0.717) is 29.1 Å². The van der Waals surface area contributed by atoms with E-state index in [0.717, 1.165) is 11.8 Å². The molecule has 3 aliphatic rings. The van der Waals surface area contributed by atoms with Gasteiger partial charge in [0.2, 0.25) is 0 Å². The highest BCUT2D eigenvalue weighted by Crippen LogP contribution is 2.65. The maximum absolute atomic E-state index is 12.2. The lowest BCUT2D eigenvalue weighted by molar-refractivity contribution is 0.0945. The fourth-order valence-electron chi connectivity index (χ4n) is 4.49. The van der Waals surface area contributed by atoms with Gasteiger partial charge in [0.25, 0.3) is 5.91 Å². The van der Waals surface area contributed by atoms with E-state index in [4.69, 9.17) is 5.73 Å². The number of phenolic OH excluding ortho intramolecular Hbond substituents is 1. The molecule has 0 radical (unpaired) electrons. The number of hydrogen-bond donors (Lipinski definition) is 3. The summed E-state index contributed by atoms with van der Waals surface area (Å²) in [4.78, 5) is 12.2. The van der Waals surface area contributed by atoms with Crippen LogP contribution in [-0.2, 0) is 0 Å². The minimum atomic E-state index is -0.146. The first-order chi connectivity index (χ1) is 9.15. The van der Waals surface area contributed by atoms with E-state index in [1.807, 2.05) is 0 Å². The van der Waals surface area contributed by atoms with Gasteiger partial charge in [-0.15, -0.1) is 0 Å². The highest BCUT2D eigenvalue weighted by atomic mass is 16.3. The van der Waals surface area contributed by atoms with Gasteiger partial charge in [-0.3, -0.25) is 4.79 Å². The van der Waals surface area contributed by atoms with E-state index in [-0.39, 0.29) is 11.7 Å². The van der Waals surface area contributed by atoms with Gasteiger partial charge in [0.15, 0.2) is 0 Å². The summed E-state index contributed by atoms with van der Waals surface area (Å²) in [6.45, 7) is 0. The Morgan fingerprint density at radius 3 is 2.63 bits per heavy atom. The summed E-state index contributed by atoms with van der Waals surface area (Å²) >= 11 is 0. The summed E-state index contributed by atoms with van der Waals surface area (Å²) < 4.78 is 0. The molecule has 19 heavy (non-hydrogen) atoms. The maximum Gasteiger partial charge on any atom is 0.253 e. The summed E-state index contributed by atoms with van der Waals surface area (Å²) in [5.74, 6) is 3.02. The number of nitrogens with two attached hydrogens (primary N) is 1. The fraction of sp³-hybridized carbons (Fsp3) is 0.533. The number of anilines is 1. The molecule has 1 amide bonds. The lowest BCUT2D eigenvalue weighted by atomic mass is 10.0. The summed E-state index contributed by atoms with van der Waals surface area (Å²) in [5, 5.41) is 12.6. The molecule has 100 valence electrons. The normalized spacial score (nSPS) is 38.0. The van der Waals surface area contributed by atoms with Crippen LogP contribution in [0.1, 0.15) is 29.6 Å². The van der Waals surface area contributed by atoms with Crippen molar-refractivity contribution in [2.75, 3.05) is 5.73 Å². The number of nitrogen functional groups attached to an aromatic ring is 1. The molecule has 0 heterocycles. The predicted molar refractivity (Wildman–Crippen MR) is 71.6 cm³/mol. The van der Waals surface area contributed by atoms with Crippen LogP contribution in [0.5, 0.6) is 5.75 Å². The third kappa shape index (κ3) is 1.55. The van der Waals surface area contributed by atoms with Crippen molar-refractivity contribution in [1.82, 2.24) is 5.32 Å². The number of benzene rings is 1. The topological polar surface area (TPSA) is 75.3 Å². The first kappa shape index (κ1) is 11.1. The van der Waals surface area contributed by atoms with E-state index < -0.39 is 0 Å². The third-order valence-electron chi connectivity index (χ3n) is 5.31. The SMILES string of the molecule is Nc1ccc(O)cc1C(=O)NC1C2C3CCC(C3)C12. The summed E-state index contributed by atoms with van der Waals surface area (Å²) in [7, 11) is 0. The van der Waals surface area contributed by atoms with Crippen LogP contribution >= 0.6 is 0 Å². The van der Waals surface area contributed by atoms with Crippen LogP contribution < -0.4 is 11.1 Å². The summed E-state index contributed by atoms with van der Waals surface area (Å²) in [6.07, 6.45) is 4.05. The van der Waals surface area contributed by atoms with Crippen molar-refractivity contribution in [1.29, 1.82) is 0 Å².